The average molecular weight is 252 g/mol. The Balaban J connectivity index is 2.30. The number of thiophene rings is 1. The lowest BCUT2D eigenvalue weighted by atomic mass is 10.0. The molecular formula is C12H16N2O2S. The first-order valence-corrected chi connectivity index (χ1v) is 6.62. The van der Waals surface area contributed by atoms with E-state index in [1.54, 1.807) is 18.3 Å². The summed E-state index contributed by atoms with van der Waals surface area (Å²) >= 11 is 1.62. The molecule has 17 heavy (non-hydrogen) atoms. The topological polar surface area (TPSA) is 59.2 Å². The minimum Gasteiger partial charge on any atom is -0.393 e. The molecule has 2 atom stereocenters. The van der Waals surface area contributed by atoms with Crippen LogP contribution >= 0.6 is 11.3 Å². The number of aryl methyl sites for hydroxylation is 1. The van der Waals surface area contributed by atoms with Crippen molar-refractivity contribution >= 4 is 11.3 Å². The molecule has 2 unspecified atom stereocenters. The monoisotopic (exact) mass is 252 g/mol. The maximum absolute atomic E-state index is 9.63. The van der Waals surface area contributed by atoms with Gasteiger partial charge in [-0.05, 0) is 31.2 Å². The molecular weight excluding hydrogens is 236 g/mol. The Morgan fingerprint density at radius 2 is 2.24 bits per heavy atom. The van der Waals surface area contributed by atoms with Gasteiger partial charge < -0.3 is 9.63 Å². The summed E-state index contributed by atoms with van der Waals surface area (Å²) in [7, 11) is 0. The van der Waals surface area contributed by atoms with Crippen LogP contribution in [0.25, 0.3) is 11.4 Å². The zero-order valence-corrected chi connectivity index (χ0v) is 11.0. The van der Waals surface area contributed by atoms with Crippen LogP contribution in [0.3, 0.4) is 0 Å². The van der Waals surface area contributed by atoms with E-state index in [0.717, 1.165) is 17.5 Å². The van der Waals surface area contributed by atoms with E-state index in [-0.39, 0.29) is 5.92 Å². The SMILES string of the molecule is CCC(c1nc(-c2cscc2C)no1)C(C)O. The van der Waals surface area contributed by atoms with E-state index in [2.05, 4.69) is 15.5 Å². The van der Waals surface area contributed by atoms with Gasteiger partial charge >= 0.3 is 0 Å². The first-order chi connectivity index (χ1) is 8.13. The smallest absolute Gasteiger partial charge is 0.232 e. The summed E-state index contributed by atoms with van der Waals surface area (Å²) < 4.78 is 5.24. The lowest BCUT2D eigenvalue weighted by molar-refractivity contribution is 0.141. The van der Waals surface area contributed by atoms with Gasteiger partial charge in [-0.2, -0.15) is 16.3 Å². The summed E-state index contributed by atoms with van der Waals surface area (Å²) in [5.41, 5.74) is 2.15. The quantitative estimate of drug-likeness (QED) is 0.908. The normalized spacial score (nSPS) is 14.8. The minimum atomic E-state index is -0.475. The average Bonchev–Trinajstić information content (AvgIpc) is 2.87. The van der Waals surface area contributed by atoms with Gasteiger partial charge in [0, 0.05) is 10.9 Å². The molecule has 2 rings (SSSR count). The number of nitrogens with zero attached hydrogens (tertiary/aromatic N) is 2. The Morgan fingerprint density at radius 3 is 2.76 bits per heavy atom. The van der Waals surface area contributed by atoms with E-state index in [9.17, 15) is 5.11 Å². The molecule has 0 amide bonds. The molecule has 0 spiro atoms. The van der Waals surface area contributed by atoms with Crippen LogP contribution in [0.4, 0.5) is 0 Å². The molecule has 0 aliphatic rings. The first-order valence-electron chi connectivity index (χ1n) is 5.68. The van der Waals surface area contributed by atoms with Gasteiger partial charge in [-0.3, -0.25) is 0 Å². The van der Waals surface area contributed by atoms with Crippen LogP contribution in [0, 0.1) is 6.92 Å². The molecule has 5 heteroatoms. The lowest BCUT2D eigenvalue weighted by Gasteiger charge is -2.12. The molecule has 1 N–H and O–H groups in total. The second kappa shape index (κ2) is 4.98. The largest absolute Gasteiger partial charge is 0.393 e. The molecule has 0 bridgehead atoms. The molecule has 0 fully saturated rings. The third-order valence-corrected chi connectivity index (χ3v) is 3.74. The van der Waals surface area contributed by atoms with Crippen LogP contribution in [0.1, 0.15) is 37.6 Å². The van der Waals surface area contributed by atoms with Crippen molar-refractivity contribution < 1.29 is 9.63 Å². The predicted molar refractivity (Wildman–Crippen MR) is 67.1 cm³/mol. The van der Waals surface area contributed by atoms with Crippen LogP contribution < -0.4 is 0 Å². The van der Waals surface area contributed by atoms with Crippen LogP contribution in [-0.4, -0.2) is 21.4 Å². The highest BCUT2D eigenvalue weighted by atomic mass is 32.1. The van der Waals surface area contributed by atoms with Gasteiger partial charge in [0.05, 0.1) is 12.0 Å². The Bertz CT molecular complexity index is 490. The number of aliphatic hydroxyl groups excluding tert-OH is 1. The van der Waals surface area contributed by atoms with Gasteiger partial charge in [0.2, 0.25) is 11.7 Å². The van der Waals surface area contributed by atoms with Crippen molar-refractivity contribution in [1.29, 1.82) is 0 Å². The first kappa shape index (κ1) is 12.3. The molecule has 0 radical (unpaired) electrons. The van der Waals surface area contributed by atoms with Crippen molar-refractivity contribution in [2.24, 2.45) is 0 Å². The third-order valence-electron chi connectivity index (χ3n) is 2.88. The van der Waals surface area contributed by atoms with Crippen molar-refractivity contribution in [3.63, 3.8) is 0 Å². The fourth-order valence-electron chi connectivity index (χ4n) is 1.81. The zero-order chi connectivity index (χ0) is 12.4. The second-order valence-electron chi connectivity index (χ2n) is 4.18. The van der Waals surface area contributed by atoms with Gasteiger partial charge in [-0.1, -0.05) is 12.1 Å². The highest BCUT2D eigenvalue weighted by molar-refractivity contribution is 7.08. The van der Waals surface area contributed by atoms with Gasteiger partial charge in [-0.15, -0.1) is 0 Å². The Morgan fingerprint density at radius 1 is 1.47 bits per heavy atom. The molecule has 4 nitrogen and oxygen atoms in total. The number of rotatable bonds is 4. The second-order valence-corrected chi connectivity index (χ2v) is 4.92. The molecule has 0 aliphatic carbocycles. The maximum Gasteiger partial charge on any atom is 0.232 e. The summed E-state index contributed by atoms with van der Waals surface area (Å²) in [6.45, 7) is 5.76. The summed E-state index contributed by atoms with van der Waals surface area (Å²) in [5, 5.41) is 17.7. The zero-order valence-electron chi connectivity index (χ0n) is 10.2. The Kier molecular flexibility index (Phi) is 3.59. The lowest BCUT2D eigenvalue weighted by Crippen LogP contribution is -2.13. The van der Waals surface area contributed by atoms with Gasteiger partial charge in [-0.25, -0.2) is 0 Å². The predicted octanol–water partition coefficient (Wildman–Crippen LogP) is 2.98. The van der Waals surface area contributed by atoms with E-state index in [1.165, 1.54) is 0 Å². The highest BCUT2D eigenvalue weighted by Crippen LogP contribution is 2.27. The van der Waals surface area contributed by atoms with E-state index < -0.39 is 6.10 Å². The number of hydrogen-bond donors (Lipinski definition) is 1. The van der Waals surface area contributed by atoms with Crippen LogP contribution in [-0.2, 0) is 0 Å². The maximum atomic E-state index is 9.63. The molecule has 2 aromatic rings. The third kappa shape index (κ3) is 2.40. The molecule has 2 aromatic heterocycles. The highest BCUT2D eigenvalue weighted by Gasteiger charge is 2.22. The molecule has 2 heterocycles. The van der Waals surface area contributed by atoms with Crippen LogP contribution in [0.2, 0.25) is 0 Å². The number of aliphatic hydroxyl groups is 1. The summed E-state index contributed by atoms with van der Waals surface area (Å²) in [4.78, 5) is 4.37. The fourth-order valence-corrected chi connectivity index (χ4v) is 2.63. The summed E-state index contributed by atoms with van der Waals surface area (Å²) in [6.07, 6.45) is 0.305. The molecule has 92 valence electrons. The molecule has 0 aromatic carbocycles. The summed E-state index contributed by atoms with van der Waals surface area (Å²) in [6, 6.07) is 0. The van der Waals surface area contributed by atoms with Crippen LogP contribution in [0.15, 0.2) is 15.3 Å². The van der Waals surface area contributed by atoms with E-state index >= 15 is 0 Å². The fraction of sp³-hybridized carbons (Fsp3) is 0.500. The minimum absolute atomic E-state index is 0.0878. The Hall–Kier alpha value is -1.20. The Labute approximate surface area is 104 Å². The van der Waals surface area contributed by atoms with Crippen molar-refractivity contribution in [3.05, 3.63) is 22.2 Å². The number of hydrogen-bond acceptors (Lipinski definition) is 5. The van der Waals surface area contributed by atoms with Crippen molar-refractivity contribution in [2.45, 2.75) is 39.2 Å². The van der Waals surface area contributed by atoms with Crippen molar-refractivity contribution in [1.82, 2.24) is 10.1 Å². The standard InChI is InChI=1S/C12H16N2O2S/c1-4-9(8(3)15)12-13-11(14-16-12)10-6-17-5-7(10)2/h5-6,8-9,15H,4H2,1-3H3. The molecule has 0 aliphatic heterocycles. The van der Waals surface area contributed by atoms with Crippen molar-refractivity contribution in [2.75, 3.05) is 0 Å². The van der Waals surface area contributed by atoms with E-state index in [4.69, 9.17) is 4.52 Å². The van der Waals surface area contributed by atoms with Gasteiger partial charge in [0.1, 0.15) is 0 Å². The summed E-state index contributed by atoms with van der Waals surface area (Å²) in [5.74, 6) is 1.04. The van der Waals surface area contributed by atoms with Crippen molar-refractivity contribution in [3.8, 4) is 11.4 Å². The van der Waals surface area contributed by atoms with E-state index in [0.29, 0.717) is 11.7 Å². The van der Waals surface area contributed by atoms with Gasteiger partial charge in [0.15, 0.2) is 0 Å². The number of aromatic nitrogens is 2. The molecule has 0 saturated heterocycles. The van der Waals surface area contributed by atoms with Crippen LogP contribution in [0.5, 0.6) is 0 Å². The van der Waals surface area contributed by atoms with Gasteiger partial charge in [0.25, 0.3) is 0 Å². The van der Waals surface area contributed by atoms with E-state index in [1.807, 2.05) is 19.2 Å². The molecule has 0 saturated carbocycles.